The van der Waals surface area contributed by atoms with Gasteiger partial charge in [-0.1, -0.05) is 6.82 Å². The van der Waals surface area contributed by atoms with Gasteiger partial charge in [-0.2, -0.15) is 27.4 Å². The van der Waals surface area contributed by atoms with E-state index < -0.39 is 0 Å². The zero-order valence-corrected chi connectivity index (χ0v) is 7.93. The molecule has 3 unspecified atom stereocenters. The van der Waals surface area contributed by atoms with Crippen LogP contribution >= 0.6 is 27.4 Å². The monoisotopic (exact) mass is 147 g/mol. The first-order valence-electron chi connectivity index (χ1n) is 2.24. The SMILES string of the molecule is CB(P)[B]B(P)P. The van der Waals surface area contributed by atoms with Gasteiger partial charge in [0.15, 0.2) is 0 Å². The molecule has 0 fully saturated rings. The molecule has 0 saturated carbocycles. The van der Waals surface area contributed by atoms with E-state index in [0.29, 0.717) is 12.4 Å². The first-order chi connectivity index (χ1) is 3.13. The summed E-state index contributed by atoms with van der Waals surface area (Å²) >= 11 is 0. The number of hydrogen-bond acceptors (Lipinski definition) is 0. The van der Waals surface area contributed by atoms with Crippen LogP contribution in [-0.2, 0) is 0 Å². The molecule has 0 N–H and O–H groups in total. The molecule has 0 aliphatic heterocycles. The Kier molecular flexibility index (Phi) is 5.30. The van der Waals surface area contributed by atoms with E-state index in [2.05, 4.69) is 41.2 Å². The second-order valence-corrected chi connectivity index (χ2v) is 4.99. The molecule has 0 bridgehead atoms. The summed E-state index contributed by atoms with van der Waals surface area (Å²) < 4.78 is 0. The molecule has 0 saturated heterocycles. The van der Waals surface area contributed by atoms with Crippen LogP contribution in [0.1, 0.15) is 0 Å². The maximum atomic E-state index is 2.72. The predicted molar refractivity (Wildman–Crippen MR) is 52.3 cm³/mol. The quantitative estimate of drug-likeness (QED) is 0.391. The highest BCUT2D eigenvalue weighted by molar-refractivity contribution is 8.10. The fourth-order valence-electron chi connectivity index (χ4n) is 0.351. The Morgan fingerprint density at radius 3 is 1.71 bits per heavy atom. The lowest BCUT2D eigenvalue weighted by atomic mass is 9.26. The molecule has 6 heteroatoms. The van der Waals surface area contributed by atoms with E-state index in [1.807, 2.05) is 0 Å². The van der Waals surface area contributed by atoms with E-state index in [9.17, 15) is 0 Å². The Labute approximate surface area is 54.2 Å². The fourth-order valence-corrected chi connectivity index (χ4v) is 1.82. The van der Waals surface area contributed by atoms with Crippen LogP contribution in [0.3, 0.4) is 0 Å². The van der Waals surface area contributed by atoms with Gasteiger partial charge in [0, 0.05) is 0 Å². The van der Waals surface area contributed by atoms with Crippen molar-refractivity contribution < 1.29 is 0 Å². The third kappa shape index (κ3) is 7.48. The lowest BCUT2D eigenvalue weighted by Crippen LogP contribution is -2.19. The van der Waals surface area contributed by atoms with Crippen molar-refractivity contribution in [1.29, 1.82) is 0 Å². The van der Waals surface area contributed by atoms with Crippen LogP contribution < -0.4 is 0 Å². The molecule has 0 amide bonds. The molecule has 0 aliphatic carbocycles. The van der Waals surface area contributed by atoms with Gasteiger partial charge in [-0.3, -0.25) is 0 Å². The molecule has 0 aromatic carbocycles. The van der Waals surface area contributed by atoms with Crippen LogP contribution in [0, 0.1) is 0 Å². The highest BCUT2D eigenvalue weighted by atomic mass is 31.1. The molecular formula is CH9B3P3. The van der Waals surface area contributed by atoms with Crippen LogP contribution in [0.5, 0.6) is 0 Å². The van der Waals surface area contributed by atoms with Gasteiger partial charge in [-0.05, 0) is 0 Å². The second-order valence-electron chi connectivity index (χ2n) is 1.63. The first kappa shape index (κ1) is 8.48. The minimum atomic E-state index is 0.562. The highest BCUT2D eigenvalue weighted by Gasteiger charge is 2.05. The third-order valence-corrected chi connectivity index (χ3v) is 1.19. The molecule has 37 valence electrons. The normalized spacial score (nSPS) is 8.00. The summed E-state index contributed by atoms with van der Waals surface area (Å²) in [6, 6.07) is 0.562. The van der Waals surface area contributed by atoms with E-state index in [4.69, 9.17) is 0 Å². The second kappa shape index (κ2) is 4.37. The van der Waals surface area contributed by atoms with E-state index in [1.165, 1.54) is 0 Å². The maximum Gasteiger partial charge on any atom is 0.138 e. The van der Waals surface area contributed by atoms with Crippen LogP contribution in [0.15, 0.2) is 0 Å². The van der Waals surface area contributed by atoms with Gasteiger partial charge in [0.1, 0.15) is 12.4 Å². The van der Waals surface area contributed by atoms with E-state index in [0.717, 1.165) is 0 Å². The predicted octanol–water partition coefficient (Wildman–Crippen LogP) is 0.419. The first-order valence-corrected chi connectivity index (χ1v) is 4.24. The van der Waals surface area contributed by atoms with Crippen molar-refractivity contribution in [3.63, 3.8) is 0 Å². The summed E-state index contributed by atoms with van der Waals surface area (Å²) in [6.45, 7) is 2.14. The zero-order valence-electron chi connectivity index (χ0n) is 4.46. The topological polar surface area (TPSA) is 0 Å². The van der Waals surface area contributed by atoms with Gasteiger partial charge >= 0.3 is 0 Å². The molecule has 0 aromatic rings. The molecule has 0 spiro atoms. The van der Waals surface area contributed by atoms with E-state index in [1.54, 1.807) is 0 Å². The summed E-state index contributed by atoms with van der Waals surface area (Å²) in [4.78, 5) is 0. The van der Waals surface area contributed by atoms with E-state index >= 15 is 0 Å². The lowest BCUT2D eigenvalue weighted by molar-refractivity contribution is 2.34. The Morgan fingerprint density at radius 1 is 1.29 bits per heavy atom. The van der Waals surface area contributed by atoms with Crippen molar-refractivity contribution in [3.05, 3.63) is 0 Å². The minimum Gasteiger partial charge on any atom is -0.180 e. The van der Waals surface area contributed by atoms with Gasteiger partial charge in [-0.15, -0.1) is 0 Å². The summed E-state index contributed by atoms with van der Waals surface area (Å²) in [5.41, 5.74) is 0. The van der Waals surface area contributed by atoms with Gasteiger partial charge in [0.25, 0.3) is 0 Å². The molecule has 0 heterocycles. The maximum absolute atomic E-state index is 2.72. The number of hydrogen-bond donors (Lipinski definition) is 0. The number of rotatable bonds is 2. The molecule has 1 radical (unpaired) electrons. The van der Waals surface area contributed by atoms with Gasteiger partial charge in [0.05, 0.1) is 7.06 Å². The standard InChI is InChI=1S/CH9B3P3/c1-3(5)2-4(6)7/h5-7H2,1H3. The van der Waals surface area contributed by atoms with Gasteiger partial charge < -0.3 is 0 Å². The summed E-state index contributed by atoms with van der Waals surface area (Å²) in [6.07, 6.45) is 0.625. The third-order valence-electron chi connectivity index (χ3n) is 0.526. The lowest BCUT2D eigenvalue weighted by Gasteiger charge is -1.97. The van der Waals surface area contributed by atoms with Crippen LogP contribution in [0.4, 0.5) is 0 Å². The molecule has 0 aliphatic rings. The minimum absolute atomic E-state index is 0.562. The van der Waals surface area contributed by atoms with Crippen LogP contribution in [0.2, 0.25) is 6.82 Å². The zero-order chi connectivity index (χ0) is 5.86. The summed E-state index contributed by atoms with van der Waals surface area (Å²) in [5.74, 6) is 0. The average Bonchev–Trinajstić information content (AvgIpc) is 1.27. The highest BCUT2D eigenvalue weighted by Crippen LogP contribution is 2.04. The van der Waals surface area contributed by atoms with Crippen LogP contribution in [0.25, 0.3) is 0 Å². The molecule has 0 rings (SSSR count). The van der Waals surface area contributed by atoms with Crippen molar-refractivity contribution in [2.45, 2.75) is 6.82 Å². The van der Waals surface area contributed by atoms with Crippen molar-refractivity contribution >= 4 is 46.8 Å². The Balaban J connectivity index is 2.95. The van der Waals surface area contributed by atoms with Crippen molar-refractivity contribution in [3.8, 4) is 0 Å². The molecule has 0 nitrogen and oxygen atoms in total. The Hall–Kier alpha value is 1.48. The summed E-state index contributed by atoms with van der Waals surface area (Å²) in [5, 5.41) is 0. The van der Waals surface area contributed by atoms with Crippen LogP contribution in [-0.4, -0.2) is 19.4 Å². The average molecular weight is 146 g/mol. The fraction of sp³-hybridized carbons (Fsp3) is 1.00. The molecular weight excluding hydrogens is 137 g/mol. The molecule has 0 aromatic heterocycles. The molecule has 7 heavy (non-hydrogen) atoms. The van der Waals surface area contributed by atoms with E-state index in [-0.39, 0.29) is 0 Å². The summed E-state index contributed by atoms with van der Waals surface area (Å²) in [7, 11) is 10.3. The van der Waals surface area contributed by atoms with Crippen molar-refractivity contribution in [2.75, 3.05) is 0 Å². The smallest absolute Gasteiger partial charge is 0.138 e. The Bertz CT molecular complexity index is 39.4. The van der Waals surface area contributed by atoms with Crippen molar-refractivity contribution in [1.82, 2.24) is 0 Å². The molecule has 3 atom stereocenters. The van der Waals surface area contributed by atoms with Crippen molar-refractivity contribution in [2.24, 2.45) is 0 Å². The van der Waals surface area contributed by atoms with Gasteiger partial charge in [-0.25, -0.2) is 0 Å². The largest absolute Gasteiger partial charge is 0.180 e. The van der Waals surface area contributed by atoms with Gasteiger partial charge in [0.2, 0.25) is 0 Å². The Morgan fingerprint density at radius 2 is 1.71 bits per heavy atom.